The van der Waals surface area contributed by atoms with Gasteiger partial charge in [0.1, 0.15) is 11.2 Å². The van der Waals surface area contributed by atoms with Crippen LogP contribution in [0.2, 0.25) is 0 Å². The standard InChI is InChI=1S/C31H41NO5/c1-29(2,3)36-27(33)25-23(32-19-18-21-14-10-8-11-15-21)20-31(7,35)26(28(34)37-30(4,5)6)24(25)22-16-12-9-13-17-22/h8-17,24,26,32,35H,18-20H2,1-7H3/t24-,26+,31+/m0/s1. The van der Waals surface area contributed by atoms with Gasteiger partial charge in [0.15, 0.2) is 0 Å². The number of carbonyl (C=O) groups is 2. The van der Waals surface area contributed by atoms with Gasteiger partial charge in [0, 0.05) is 24.6 Å². The molecule has 2 N–H and O–H groups in total. The van der Waals surface area contributed by atoms with E-state index in [0.29, 0.717) is 17.8 Å². The Bertz CT molecular complexity index is 1110. The molecule has 6 nitrogen and oxygen atoms in total. The first-order valence-electron chi connectivity index (χ1n) is 12.9. The largest absolute Gasteiger partial charge is 0.460 e. The molecular weight excluding hydrogens is 466 g/mol. The van der Waals surface area contributed by atoms with Crippen molar-refractivity contribution in [3.63, 3.8) is 0 Å². The van der Waals surface area contributed by atoms with Crippen LogP contribution in [0.1, 0.15) is 71.9 Å². The molecular formula is C31H41NO5. The van der Waals surface area contributed by atoms with E-state index in [9.17, 15) is 14.7 Å². The molecule has 0 amide bonds. The van der Waals surface area contributed by atoms with E-state index in [-0.39, 0.29) is 6.42 Å². The molecule has 0 unspecified atom stereocenters. The lowest BCUT2D eigenvalue weighted by Crippen LogP contribution is -2.52. The number of benzene rings is 2. The van der Waals surface area contributed by atoms with Gasteiger partial charge in [-0.3, -0.25) is 4.79 Å². The van der Waals surface area contributed by atoms with Crippen LogP contribution in [0.5, 0.6) is 0 Å². The Morgan fingerprint density at radius 2 is 1.46 bits per heavy atom. The molecule has 0 fully saturated rings. The van der Waals surface area contributed by atoms with Gasteiger partial charge in [-0.15, -0.1) is 0 Å². The summed E-state index contributed by atoms with van der Waals surface area (Å²) in [5.41, 5.74) is -0.117. The normalized spacial score (nSPS) is 22.4. The van der Waals surface area contributed by atoms with E-state index in [2.05, 4.69) is 5.32 Å². The van der Waals surface area contributed by atoms with Gasteiger partial charge in [-0.2, -0.15) is 0 Å². The molecule has 0 saturated heterocycles. The third-order valence-electron chi connectivity index (χ3n) is 6.21. The fourth-order valence-corrected chi connectivity index (χ4v) is 4.79. The molecule has 3 rings (SSSR count). The van der Waals surface area contributed by atoms with E-state index in [4.69, 9.17) is 9.47 Å². The van der Waals surface area contributed by atoms with Crippen LogP contribution in [0.3, 0.4) is 0 Å². The molecule has 37 heavy (non-hydrogen) atoms. The fourth-order valence-electron chi connectivity index (χ4n) is 4.79. The summed E-state index contributed by atoms with van der Waals surface area (Å²) in [6.45, 7) is 13.0. The highest BCUT2D eigenvalue weighted by Gasteiger charge is 2.53. The zero-order chi connectivity index (χ0) is 27.4. The molecule has 0 aromatic heterocycles. The lowest BCUT2D eigenvalue weighted by Gasteiger charge is -2.44. The van der Waals surface area contributed by atoms with Crippen molar-refractivity contribution in [3.05, 3.63) is 83.1 Å². The second-order valence-electron chi connectivity index (χ2n) is 12.0. The van der Waals surface area contributed by atoms with Gasteiger partial charge in [-0.05, 0) is 66.0 Å². The van der Waals surface area contributed by atoms with Crippen molar-refractivity contribution < 1.29 is 24.2 Å². The molecule has 0 spiro atoms. The Morgan fingerprint density at radius 3 is 2.00 bits per heavy atom. The lowest BCUT2D eigenvalue weighted by atomic mass is 9.65. The number of esters is 2. The highest BCUT2D eigenvalue weighted by molar-refractivity contribution is 5.94. The van der Waals surface area contributed by atoms with Crippen LogP contribution in [0.4, 0.5) is 0 Å². The van der Waals surface area contributed by atoms with Gasteiger partial charge >= 0.3 is 11.9 Å². The smallest absolute Gasteiger partial charge is 0.336 e. The lowest BCUT2D eigenvalue weighted by molar-refractivity contribution is -0.171. The van der Waals surface area contributed by atoms with Crippen molar-refractivity contribution in [2.24, 2.45) is 5.92 Å². The molecule has 0 bridgehead atoms. The van der Waals surface area contributed by atoms with Crippen LogP contribution in [-0.4, -0.2) is 40.4 Å². The zero-order valence-electron chi connectivity index (χ0n) is 23.1. The molecule has 200 valence electrons. The zero-order valence-corrected chi connectivity index (χ0v) is 23.1. The molecule has 2 aromatic carbocycles. The predicted molar refractivity (Wildman–Crippen MR) is 145 cm³/mol. The summed E-state index contributed by atoms with van der Waals surface area (Å²) in [7, 11) is 0. The molecule has 0 radical (unpaired) electrons. The summed E-state index contributed by atoms with van der Waals surface area (Å²) in [6, 6.07) is 19.4. The van der Waals surface area contributed by atoms with Crippen molar-refractivity contribution in [2.75, 3.05) is 6.54 Å². The minimum Gasteiger partial charge on any atom is -0.460 e. The molecule has 1 aliphatic rings. The number of ether oxygens (including phenoxy) is 2. The number of rotatable bonds is 7. The van der Waals surface area contributed by atoms with Crippen LogP contribution in [0.15, 0.2) is 71.9 Å². The van der Waals surface area contributed by atoms with E-state index >= 15 is 0 Å². The number of aliphatic hydroxyl groups is 1. The number of nitrogens with one attached hydrogen (secondary N) is 1. The summed E-state index contributed by atoms with van der Waals surface area (Å²) in [6.07, 6.45) is 0.823. The Labute approximate surface area is 221 Å². The maximum absolute atomic E-state index is 13.8. The second kappa shape index (κ2) is 11.1. The van der Waals surface area contributed by atoms with Gasteiger partial charge in [0.2, 0.25) is 0 Å². The van der Waals surface area contributed by atoms with Gasteiger partial charge in [0.05, 0.1) is 17.1 Å². The highest BCUT2D eigenvalue weighted by Crippen LogP contribution is 2.48. The third-order valence-corrected chi connectivity index (χ3v) is 6.21. The monoisotopic (exact) mass is 507 g/mol. The summed E-state index contributed by atoms with van der Waals surface area (Å²) >= 11 is 0. The van der Waals surface area contributed by atoms with Gasteiger partial charge < -0.3 is 19.9 Å². The highest BCUT2D eigenvalue weighted by atomic mass is 16.6. The van der Waals surface area contributed by atoms with Gasteiger partial charge in [-0.1, -0.05) is 60.7 Å². The van der Waals surface area contributed by atoms with Crippen molar-refractivity contribution >= 4 is 11.9 Å². The molecule has 1 aliphatic carbocycles. The van der Waals surface area contributed by atoms with Crippen LogP contribution >= 0.6 is 0 Å². The molecule has 0 saturated carbocycles. The first kappa shape index (κ1) is 28.5. The summed E-state index contributed by atoms with van der Waals surface area (Å²) < 4.78 is 11.6. The Balaban J connectivity index is 2.12. The number of hydrogen-bond acceptors (Lipinski definition) is 6. The SMILES string of the molecule is CC(C)(C)OC(=O)C1=C(NCCc2ccccc2)C[C@@](C)(O)[C@@H](C(=O)OC(C)(C)C)[C@H]1c1ccccc1. The minimum absolute atomic E-state index is 0.0869. The second-order valence-corrected chi connectivity index (χ2v) is 12.0. The summed E-state index contributed by atoms with van der Waals surface area (Å²) in [5, 5.41) is 15.1. The van der Waals surface area contributed by atoms with Crippen molar-refractivity contribution in [3.8, 4) is 0 Å². The molecule has 3 atom stereocenters. The van der Waals surface area contributed by atoms with E-state index in [1.807, 2.05) is 81.4 Å². The molecule has 2 aromatic rings. The van der Waals surface area contributed by atoms with Crippen molar-refractivity contribution in [2.45, 2.75) is 84.0 Å². The van der Waals surface area contributed by atoms with Crippen LogP contribution in [0.25, 0.3) is 0 Å². The summed E-state index contributed by atoms with van der Waals surface area (Å²) in [4.78, 5) is 27.3. The molecule has 0 aliphatic heterocycles. The average Bonchev–Trinajstić information content (AvgIpc) is 2.76. The third kappa shape index (κ3) is 7.68. The van der Waals surface area contributed by atoms with Gasteiger partial charge in [0.25, 0.3) is 0 Å². The number of carbonyl (C=O) groups excluding carboxylic acids is 2. The van der Waals surface area contributed by atoms with Gasteiger partial charge in [-0.25, -0.2) is 4.79 Å². The Kier molecular flexibility index (Phi) is 8.53. The Morgan fingerprint density at radius 1 is 0.919 bits per heavy atom. The van der Waals surface area contributed by atoms with E-state index < -0.39 is 40.6 Å². The molecule has 0 heterocycles. The maximum Gasteiger partial charge on any atom is 0.336 e. The van der Waals surface area contributed by atoms with Crippen LogP contribution in [0, 0.1) is 5.92 Å². The first-order chi connectivity index (χ1) is 17.2. The van der Waals surface area contributed by atoms with Crippen LogP contribution in [-0.2, 0) is 25.5 Å². The van der Waals surface area contributed by atoms with E-state index in [0.717, 1.165) is 17.5 Å². The number of hydrogen-bond donors (Lipinski definition) is 2. The predicted octanol–water partition coefficient (Wildman–Crippen LogP) is 5.31. The molecule has 6 heteroatoms. The first-order valence-corrected chi connectivity index (χ1v) is 12.9. The quantitative estimate of drug-likeness (QED) is 0.494. The Hall–Kier alpha value is -3.12. The summed E-state index contributed by atoms with van der Waals surface area (Å²) in [5.74, 6) is -2.81. The maximum atomic E-state index is 13.8. The van der Waals surface area contributed by atoms with E-state index in [1.54, 1.807) is 27.7 Å². The minimum atomic E-state index is -1.47. The van der Waals surface area contributed by atoms with Crippen molar-refractivity contribution in [1.29, 1.82) is 0 Å². The topological polar surface area (TPSA) is 84.9 Å². The van der Waals surface area contributed by atoms with Crippen molar-refractivity contribution in [1.82, 2.24) is 5.32 Å². The fraction of sp³-hybridized carbons (Fsp3) is 0.484. The van der Waals surface area contributed by atoms with Crippen LogP contribution < -0.4 is 5.32 Å². The van der Waals surface area contributed by atoms with E-state index in [1.165, 1.54) is 0 Å². The average molecular weight is 508 g/mol.